The fourth-order valence-corrected chi connectivity index (χ4v) is 2.18. The first-order chi connectivity index (χ1) is 11.2. The van der Waals surface area contributed by atoms with Gasteiger partial charge in [0.2, 0.25) is 11.6 Å². The van der Waals surface area contributed by atoms with Gasteiger partial charge in [-0.2, -0.15) is 0 Å². The fraction of sp³-hybridized carbons (Fsp3) is 0.263. The Kier molecular flexibility index (Phi) is 6.36. The van der Waals surface area contributed by atoms with Crippen molar-refractivity contribution in [2.24, 2.45) is 0 Å². The molecule has 0 aliphatic heterocycles. The lowest BCUT2D eigenvalue weighted by atomic mass is 10.0. The summed E-state index contributed by atoms with van der Waals surface area (Å²) in [4.78, 5) is 23.9. The molecule has 120 valence electrons. The average Bonchev–Trinajstić information content (AvgIpc) is 2.61. The minimum Gasteiger partial charge on any atom is -0.301 e. The molecule has 0 unspecified atom stereocenters. The summed E-state index contributed by atoms with van der Waals surface area (Å²) < 4.78 is 0. The van der Waals surface area contributed by atoms with Gasteiger partial charge in [0, 0.05) is 12.0 Å². The number of rotatable bonds is 9. The van der Waals surface area contributed by atoms with E-state index >= 15 is 0 Å². The second-order valence-corrected chi connectivity index (χ2v) is 5.40. The Hall–Kier alpha value is -2.62. The van der Waals surface area contributed by atoms with Gasteiger partial charge >= 0.3 is 0 Å². The van der Waals surface area contributed by atoms with E-state index in [2.05, 4.69) is 17.8 Å². The Bertz CT molecular complexity index is 636. The van der Waals surface area contributed by atoms with E-state index in [0.29, 0.717) is 12.0 Å². The molecule has 0 aliphatic rings. The molecule has 0 fully saturated rings. The van der Waals surface area contributed by atoms with Crippen LogP contribution in [0, 0.1) is 0 Å². The number of carbonyl (C=O) groups excluding carboxylic acids is 2. The fourth-order valence-electron chi connectivity index (χ4n) is 2.18. The van der Waals surface area contributed by atoms with Crippen LogP contribution in [0.4, 0.5) is 11.4 Å². The van der Waals surface area contributed by atoms with Crippen LogP contribution >= 0.6 is 0 Å². The molecule has 0 bridgehead atoms. The molecule has 2 aromatic carbocycles. The summed E-state index contributed by atoms with van der Waals surface area (Å²) >= 11 is 0. The van der Waals surface area contributed by atoms with E-state index in [1.54, 1.807) is 24.3 Å². The summed E-state index contributed by atoms with van der Waals surface area (Å²) in [5, 5.41) is 0. The van der Waals surface area contributed by atoms with Crippen molar-refractivity contribution in [3.8, 4) is 0 Å². The quantitative estimate of drug-likeness (QED) is 0.311. The lowest BCUT2D eigenvalue weighted by Crippen LogP contribution is -2.14. The van der Waals surface area contributed by atoms with E-state index in [-0.39, 0.29) is 5.78 Å². The average molecular weight is 310 g/mol. The highest BCUT2D eigenvalue weighted by molar-refractivity contribution is 6.43. The van der Waals surface area contributed by atoms with Crippen molar-refractivity contribution in [2.45, 2.75) is 32.6 Å². The number of nitrogens with one attached hydrogen (secondary N) is 2. The smallest absolute Gasteiger partial charge is 0.228 e. The predicted molar refractivity (Wildman–Crippen MR) is 93.6 cm³/mol. The van der Waals surface area contributed by atoms with Crippen LogP contribution in [0.15, 0.2) is 54.6 Å². The van der Waals surface area contributed by atoms with Crippen LogP contribution < -0.4 is 10.9 Å². The number of anilines is 2. The summed E-state index contributed by atoms with van der Waals surface area (Å²) in [5.41, 5.74) is 8.32. The maximum atomic E-state index is 12.0. The monoisotopic (exact) mass is 310 g/mol. The first-order valence-corrected chi connectivity index (χ1v) is 7.95. The van der Waals surface area contributed by atoms with Crippen molar-refractivity contribution in [1.82, 2.24) is 0 Å². The van der Waals surface area contributed by atoms with Crippen molar-refractivity contribution in [2.75, 3.05) is 10.9 Å². The van der Waals surface area contributed by atoms with Gasteiger partial charge in [0.05, 0.1) is 11.4 Å². The van der Waals surface area contributed by atoms with Crippen molar-refractivity contribution < 1.29 is 9.59 Å². The molecule has 2 N–H and O–H groups in total. The van der Waals surface area contributed by atoms with Crippen LogP contribution in [0.5, 0.6) is 0 Å². The van der Waals surface area contributed by atoms with Gasteiger partial charge in [0.25, 0.3) is 0 Å². The van der Waals surface area contributed by atoms with E-state index in [1.807, 2.05) is 30.3 Å². The van der Waals surface area contributed by atoms with E-state index in [1.165, 1.54) is 0 Å². The first kappa shape index (κ1) is 16.7. The van der Waals surface area contributed by atoms with Gasteiger partial charge in [-0.3, -0.25) is 9.59 Å². The van der Waals surface area contributed by atoms with Crippen molar-refractivity contribution in [3.05, 3.63) is 60.2 Å². The lowest BCUT2D eigenvalue weighted by molar-refractivity contribution is -0.115. The highest BCUT2D eigenvalue weighted by Gasteiger charge is 2.15. The lowest BCUT2D eigenvalue weighted by Gasteiger charge is -2.10. The molecule has 4 heteroatoms. The summed E-state index contributed by atoms with van der Waals surface area (Å²) in [6.07, 6.45) is 3.13. The van der Waals surface area contributed by atoms with Crippen LogP contribution in [0.25, 0.3) is 0 Å². The van der Waals surface area contributed by atoms with Crippen molar-refractivity contribution >= 4 is 22.9 Å². The molecular formula is C19H22N2O2. The second-order valence-electron chi connectivity index (χ2n) is 5.40. The van der Waals surface area contributed by atoms with E-state index in [4.69, 9.17) is 0 Å². The summed E-state index contributed by atoms with van der Waals surface area (Å²) in [7, 11) is 0. The number of hydrogen-bond donors (Lipinski definition) is 2. The summed E-state index contributed by atoms with van der Waals surface area (Å²) in [5.74, 6) is -0.703. The number of unbranched alkanes of at least 4 members (excludes halogenated alkanes) is 2. The molecule has 2 rings (SSSR count). The van der Waals surface area contributed by atoms with Gasteiger partial charge in [0.15, 0.2) is 0 Å². The third-order valence-corrected chi connectivity index (χ3v) is 3.53. The third kappa shape index (κ3) is 5.25. The van der Waals surface area contributed by atoms with Crippen molar-refractivity contribution in [3.63, 3.8) is 0 Å². The minimum absolute atomic E-state index is 0.304. The topological polar surface area (TPSA) is 58.2 Å². The third-order valence-electron chi connectivity index (χ3n) is 3.53. The Morgan fingerprint density at radius 1 is 0.826 bits per heavy atom. The van der Waals surface area contributed by atoms with Gasteiger partial charge in [0.1, 0.15) is 0 Å². The highest BCUT2D eigenvalue weighted by Crippen LogP contribution is 2.13. The molecule has 23 heavy (non-hydrogen) atoms. The van der Waals surface area contributed by atoms with Gasteiger partial charge < -0.3 is 10.9 Å². The second kappa shape index (κ2) is 8.73. The normalized spacial score (nSPS) is 10.1. The molecule has 0 radical (unpaired) electrons. The number of para-hydroxylation sites is 1. The van der Waals surface area contributed by atoms with Gasteiger partial charge in [-0.25, -0.2) is 0 Å². The van der Waals surface area contributed by atoms with E-state index in [0.717, 1.165) is 30.6 Å². The molecule has 0 amide bonds. The Labute approximate surface area is 136 Å². The molecule has 0 atom stereocenters. The Balaban J connectivity index is 1.88. The zero-order chi connectivity index (χ0) is 16.5. The number of hydrogen-bond acceptors (Lipinski definition) is 4. The molecule has 4 nitrogen and oxygen atoms in total. The molecule has 2 aromatic rings. The molecule has 0 spiro atoms. The largest absolute Gasteiger partial charge is 0.301 e. The van der Waals surface area contributed by atoms with E-state index < -0.39 is 5.78 Å². The molecule has 0 saturated carbocycles. The zero-order valence-electron chi connectivity index (χ0n) is 13.3. The number of ketones is 2. The van der Waals surface area contributed by atoms with E-state index in [9.17, 15) is 9.59 Å². The van der Waals surface area contributed by atoms with Gasteiger partial charge in [-0.05, 0) is 42.8 Å². The summed E-state index contributed by atoms with van der Waals surface area (Å²) in [6.45, 7) is 2.07. The molecule has 0 heterocycles. The SMILES string of the molecule is CCCCCC(=O)C(=O)c1ccc(NNc2ccccc2)cc1. The van der Waals surface area contributed by atoms with Crippen LogP contribution in [0.3, 0.4) is 0 Å². The maximum Gasteiger partial charge on any atom is 0.228 e. The number of Topliss-reactive ketones (excluding diaryl/α,β-unsaturated/α-hetero) is 2. The number of benzene rings is 2. The zero-order valence-corrected chi connectivity index (χ0v) is 13.3. The minimum atomic E-state index is -0.399. The van der Waals surface area contributed by atoms with Crippen molar-refractivity contribution in [1.29, 1.82) is 0 Å². The Morgan fingerprint density at radius 3 is 2.04 bits per heavy atom. The molecule has 0 saturated heterocycles. The number of carbonyl (C=O) groups is 2. The van der Waals surface area contributed by atoms with Gasteiger partial charge in [-0.15, -0.1) is 0 Å². The molecule has 0 aliphatic carbocycles. The Morgan fingerprint density at radius 2 is 1.43 bits per heavy atom. The standard InChI is InChI=1S/C19H22N2O2/c1-2-3-5-10-18(22)19(23)15-11-13-17(14-12-15)21-20-16-8-6-4-7-9-16/h4,6-9,11-14,20-21H,2-3,5,10H2,1H3. The maximum absolute atomic E-state index is 12.0. The van der Waals surface area contributed by atoms with Crippen LogP contribution in [0.1, 0.15) is 43.0 Å². The van der Waals surface area contributed by atoms with Crippen LogP contribution in [-0.4, -0.2) is 11.6 Å². The number of hydrazine groups is 1. The highest BCUT2D eigenvalue weighted by atomic mass is 16.2. The van der Waals surface area contributed by atoms with Gasteiger partial charge in [-0.1, -0.05) is 38.0 Å². The summed E-state index contributed by atoms with van der Waals surface area (Å²) in [6, 6.07) is 16.6. The van der Waals surface area contributed by atoms with Crippen LogP contribution in [0.2, 0.25) is 0 Å². The predicted octanol–water partition coefficient (Wildman–Crippen LogP) is 4.46. The van der Waals surface area contributed by atoms with Crippen LogP contribution in [-0.2, 0) is 4.79 Å². The molecular weight excluding hydrogens is 288 g/mol. The first-order valence-electron chi connectivity index (χ1n) is 7.95. The molecule has 0 aromatic heterocycles.